The fraction of sp³-hybridized carbons (Fsp3) is 0.700. The van der Waals surface area contributed by atoms with Crippen LogP contribution in [0.3, 0.4) is 0 Å². The van der Waals surface area contributed by atoms with Crippen molar-refractivity contribution in [3.63, 3.8) is 0 Å². The van der Waals surface area contributed by atoms with E-state index in [2.05, 4.69) is 5.10 Å². The van der Waals surface area contributed by atoms with E-state index in [9.17, 15) is 0 Å². The van der Waals surface area contributed by atoms with Crippen LogP contribution in [-0.2, 0) is 4.74 Å². The van der Waals surface area contributed by atoms with Crippen LogP contribution in [0, 0.1) is 12.8 Å². The maximum absolute atomic E-state index is 5.67. The van der Waals surface area contributed by atoms with Crippen LogP contribution in [0.5, 0.6) is 0 Å². The summed E-state index contributed by atoms with van der Waals surface area (Å²) >= 11 is 0. The molecule has 1 fully saturated rings. The van der Waals surface area contributed by atoms with Gasteiger partial charge in [-0.15, -0.1) is 0 Å². The summed E-state index contributed by atoms with van der Waals surface area (Å²) < 4.78 is 7.54. The van der Waals surface area contributed by atoms with Gasteiger partial charge in [0.05, 0.1) is 12.3 Å². The van der Waals surface area contributed by atoms with Crippen molar-refractivity contribution in [1.29, 1.82) is 0 Å². The van der Waals surface area contributed by atoms with E-state index in [0.717, 1.165) is 18.2 Å². The molecule has 0 amide bonds. The fourth-order valence-electron chi connectivity index (χ4n) is 1.27. The van der Waals surface area contributed by atoms with E-state index in [-0.39, 0.29) is 6.23 Å². The van der Waals surface area contributed by atoms with Crippen LogP contribution < -0.4 is 0 Å². The molecule has 1 aliphatic carbocycles. The van der Waals surface area contributed by atoms with Crippen LogP contribution in [0.15, 0.2) is 12.3 Å². The predicted octanol–water partition coefficient (Wildman–Crippen LogP) is 2.14. The molecule has 1 saturated carbocycles. The summed E-state index contributed by atoms with van der Waals surface area (Å²) in [6.45, 7) is 4.92. The molecule has 0 saturated heterocycles. The minimum absolute atomic E-state index is 0.0781. The lowest BCUT2D eigenvalue weighted by molar-refractivity contribution is 0.00159. The van der Waals surface area contributed by atoms with Gasteiger partial charge in [0.25, 0.3) is 0 Å². The number of aryl methyl sites for hydroxylation is 1. The van der Waals surface area contributed by atoms with Gasteiger partial charge in [-0.1, -0.05) is 0 Å². The molecule has 1 heterocycles. The van der Waals surface area contributed by atoms with E-state index in [4.69, 9.17) is 4.74 Å². The van der Waals surface area contributed by atoms with Crippen molar-refractivity contribution < 1.29 is 4.74 Å². The van der Waals surface area contributed by atoms with Gasteiger partial charge in [0, 0.05) is 6.20 Å². The molecular formula is C10H16N2O. The molecular weight excluding hydrogens is 164 g/mol. The Morgan fingerprint density at radius 2 is 2.46 bits per heavy atom. The first-order valence-corrected chi connectivity index (χ1v) is 4.89. The molecule has 2 rings (SSSR count). The smallest absolute Gasteiger partial charge is 0.147 e. The fourth-order valence-corrected chi connectivity index (χ4v) is 1.27. The standard InChI is InChI=1S/C10H16N2O/c1-8-5-6-12(11-8)9(2)13-7-10-3-4-10/h5-6,9-10H,3-4,7H2,1-2H3. The van der Waals surface area contributed by atoms with E-state index >= 15 is 0 Å². The van der Waals surface area contributed by atoms with E-state index in [1.54, 1.807) is 0 Å². The summed E-state index contributed by atoms with van der Waals surface area (Å²) in [6, 6.07) is 2.00. The first-order valence-electron chi connectivity index (χ1n) is 4.89. The van der Waals surface area contributed by atoms with Crippen LogP contribution in [-0.4, -0.2) is 16.4 Å². The molecule has 1 atom stereocenters. The van der Waals surface area contributed by atoms with Gasteiger partial charge < -0.3 is 4.74 Å². The maximum Gasteiger partial charge on any atom is 0.147 e. The topological polar surface area (TPSA) is 27.1 Å². The Kier molecular flexibility index (Phi) is 2.36. The minimum atomic E-state index is 0.0781. The molecule has 1 aromatic heterocycles. The lowest BCUT2D eigenvalue weighted by Crippen LogP contribution is -2.11. The average molecular weight is 180 g/mol. The van der Waals surface area contributed by atoms with E-state index < -0.39 is 0 Å². The molecule has 0 radical (unpaired) electrons. The zero-order chi connectivity index (χ0) is 9.26. The molecule has 0 aliphatic heterocycles. The second-order valence-electron chi connectivity index (χ2n) is 3.81. The van der Waals surface area contributed by atoms with Gasteiger partial charge in [-0.2, -0.15) is 5.10 Å². The quantitative estimate of drug-likeness (QED) is 0.709. The Bertz CT molecular complexity index is 278. The molecule has 1 unspecified atom stereocenters. The number of rotatable bonds is 4. The highest BCUT2D eigenvalue weighted by molar-refractivity contribution is 4.95. The second-order valence-corrected chi connectivity index (χ2v) is 3.81. The van der Waals surface area contributed by atoms with Gasteiger partial charge in [0.15, 0.2) is 0 Å². The van der Waals surface area contributed by atoms with Gasteiger partial charge in [-0.05, 0) is 38.7 Å². The summed E-state index contributed by atoms with van der Waals surface area (Å²) in [5, 5.41) is 4.30. The van der Waals surface area contributed by atoms with E-state index in [1.807, 2.05) is 30.8 Å². The Morgan fingerprint density at radius 1 is 1.69 bits per heavy atom. The lowest BCUT2D eigenvalue weighted by Gasteiger charge is -2.12. The summed E-state index contributed by atoms with van der Waals surface area (Å²) in [5.41, 5.74) is 1.04. The number of ether oxygens (including phenoxy) is 1. The molecule has 3 heteroatoms. The highest BCUT2D eigenvalue weighted by Gasteiger charge is 2.22. The average Bonchev–Trinajstić information content (AvgIpc) is 2.84. The van der Waals surface area contributed by atoms with E-state index in [1.165, 1.54) is 12.8 Å². The first-order chi connectivity index (χ1) is 6.25. The van der Waals surface area contributed by atoms with Crippen molar-refractivity contribution in [1.82, 2.24) is 9.78 Å². The monoisotopic (exact) mass is 180 g/mol. The largest absolute Gasteiger partial charge is 0.357 e. The lowest BCUT2D eigenvalue weighted by atomic mass is 10.5. The van der Waals surface area contributed by atoms with Crippen LogP contribution in [0.2, 0.25) is 0 Å². The van der Waals surface area contributed by atoms with Crippen molar-refractivity contribution >= 4 is 0 Å². The Hall–Kier alpha value is -0.830. The van der Waals surface area contributed by atoms with Crippen molar-refractivity contribution in [3.8, 4) is 0 Å². The number of nitrogens with zero attached hydrogens (tertiary/aromatic N) is 2. The van der Waals surface area contributed by atoms with Gasteiger partial charge in [-0.25, -0.2) is 4.68 Å². The molecule has 1 aromatic rings. The summed E-state index contributed by atoms with van der Waals surface area (Å²) in [7, 11) is 0. The summed E-state index contributed by atoms with van der Waals surface area (Å²) in [6.07, 6.45) is 4.72. The highest BCUT2D eigenvalue weighted by atomic mass is 16.5. The van der Waals surface area contributed by atoms with E-state index in [0.29, 0.717) is 0 Å². The Labute approximate surface area is 78.7 Å². The third-order valence-electron chi connectivity index (χ3n) is 2.38. The van der Waals surface area contributed by atoms with Crippen molar-refractivity contribution in [2.24, 2.45) is 5.92 Å². The minimum Gasteiger partial charge on any atom is -0.357 e. The number of aromatic nitrogens is 2. The molecule has 1 aliphatic rings. The number of hydrogen-bond donors (Lipinski definition) is 0. The molecule has 0 N–H and O–H groups in total. The first kappa shape index (κ1) is 8.75. The van der Waals surface area contributed by atoms with Gasteiger partial charge in [0.2, 0.25) is 0 Å². The normalized spacial score (nSPS) is 18.9. The molecule has 3 nitrogen and oxygen atoms in total. The van der Waals surface area contributed by atoms with Crippen LogP contribution in [0.1, 0.15) is 31.7 Å². The number of hydrogen-bond acceptors (Lipinski definition) is 2. The predicted molar refractivity (Wildman–Crippen MR) is 50.4 cm³/mol. The Morgan fingerprint density at radius 3 is 3.00 bits per heavy atom. The second kappa shape index (κ2) is 3.50. The molecule has 0 bridgehead atoms. The van der Waals surface area contributed by atoms with Gasteiger partial charge >= 0.3 is 0 Å². The highest BCUT2D eigenvalue weighted by Crippen LogP contribution is 2.29. The molecule has 13 heavy (non-hydrogen) atoms. The van der Waals surface area contributed by atoms with Crippen molar-refractivity contribution in [2.45, 2.75) is 32.9 Å². The zero-order valence-electron chi connectivity index (χ0n) is 8.23. The van der Waals surface area contributed by atoms with Gasteiger partial charge in [-0.3, -0.25) is 0 Å². The van der Waals surface area contributed by atoms with Crippen LogP contribution >= 0.6 is 0 Å². The summed E-state index contributed by atoms with van der Waals surface area (Å²) in [4.78, 5) is 0. The molecule has 0 aromatic carbocycles. The third-order valence-corrected chi connectivity index (χ3v) is 2.38. The van der Waals surface area contributed by atoms with Crippen LogP contribution in [0.25, 0.3) is 0 Å². The van der Waals surface area contributed by atoms with Crippen LogP contribution in [0.4, 0.5) is 0 Å². The maximum atomic E-state index is 5.67. The van der Waals surface area contributed by atoms with Crippen molar-refractivity contribution in [3.05, 3.63) is 18.0 Å². The summed E-state index contributed by atoms with van der Waals surface area (Å²) in [5.74, 6) is 0.819. The Balaban J connectivity index is 1.84. The third kappa shape index (κ3) is 2.31. The SMILES string of the molecule is Cc1ccn(C(C)OCC2CC2)n1. The zero-order valence-corrected chi connectivity index (χ0v) is 8.23. The van der Waals surface area contributed by atoms with Gasteiger partial charge in [0.1, 0.15) is 6.23 Å². The van der Waals surface area contributed by atoms with Crippen molar-refractivity contribution in [2.75, 3.05) is 6.61 Å². The molecule has 72 valence electrons. The molecule has 0 spiro atoms.